The van der Waals surface area contributed by atoms with Crippen LogP contribution in [0.15, 0.2) is 24.4 Å². The Morgan fingerprint density at radius 2 is 2.25 bits per heavy atom. The first-order valence-electron chi connectivity index (χ1n) is 9.09. The summed E-state index contributed by atoms with van der Waals surface area (Å²) < 4.78 is 1.96. The minimum atomic E-state index is -0.470. The van der Waals surface area contributed by atoms with Gasteiger partial charge in [0.25, 0.3) is 0 Å². The number of nitrogens with one attached hydrogen (secondary N) is 1. The van der Waals surface area contributed by atoms with Gasteiger partial charge in [-0.1, -0.05) is 11.6 Å². The van der Waals surface area contributed by atoms with Gasteiger partial charge < -0.3 is 10.2 Å². The number of thioether (sulfide) groups is 1. The van der Waals surface area contributed by atoms with Crippen molar-refractivity contribution < 1.29 is 4.79 Å². The van der Waals surface area contributed by atoms with Gasteiger partial charge in [-0.2, -0.15) is 22.1 Å². The summed E-state index contributed by atoms with van der Waals surface area (Å²) in [6, 6.07) is 7.93. The van der Waals surface area contributed by atoms with Gasteiger partial charge >= 0.3 is 0 Å². The Morgan fingerprint density at radius 1 is 1.46 bits per heavy atom. The molecule has 1 unspecified atom stereocenters. The molecule has 0 bridgehead atoms. The smallest absolute Gasteiger partial charge is 0.208 e. The molecular weight excluding hydrogens is 396 g/mol. The highest BCUT2D eigenvalue weighted by atomic mass is 35.5. The Bertz CT molecular complexity index is 876. The van der Waals surface area contributed by atoms with Crippen LogP contribution >= 0.6 is 23.4 Å². The van der Waals surface area contributed by atoms with Crippen molar-refractivity contribution in [3.05, 3.63) is 35.2 Å². The van der Waals surface area contributed by atoms with Crippen molar-refractivity contribution in [2.45, 2.75) is 37.0 Å². The summed E-state index contributed by atoms with van der Waals surface area (Å²) in [5.74, 6) is 1.14. The van der Waals surface area contributed by atoms with Gasteiger partial charge in [-0.3, -0.25) is 4.79 Å². The molecule has 28 heavy (non-hydrogen) atoms. The normalized spacial score (nSPS) is 19.4. The zero-order chi connectivity index (χ0) is 20.1. The quantitative estimate of drug-likeness (QED) is 0.593. The molecule has 2 aliphatic rings. The average Bonchev–Trinajstić information content (AvgIpc) is 3.13. The monoisotopic (exact) mass is 418 g/mol. The van der Waals surface area contributed by atoms with Crippen LogP contribution in [0.4, 0.5) is 5.82 Å². The first-order valence-corrected chi connectivity index (χ1v) is 10.8. The maximum atomic E-state index is 9.76. The van der Waals surface area contributed by atoms with Crippen molar-refractivity contribution in [2.75, 3.05) is 24.2 Å². The molecule has 2 aromatic rings. The predicted molar refractivity (Wildman–Crippen MR) is 112 cm³/mol. The fourth-order valence-electron chi connectivity index (χ4n) is 3.08. The lowest BCUT2D eigenvalue weighted by Gasteiger charge is -2.19. The first kappa shape index (κ1) is 20.5. The van der Waals surface area contributed by atoms with Gasteiger partial charge in [0, 0.05) is 36.7 Å². The number of hydrogen-bond acceptors (Lipinski definition) is 6. The second kappa shape index (κ2) is 8.84. The van der Waals surface area contributed by atoms with E-state index < -0.39 is 5.54 Å². The molecule has 1 aliphatic heterocycles. The molecule has 2 fully saturated rings. The van der Waals surface area contributed by atoms with Crippen LogP contribution in [0.2, 0.25) is 5.15 Å². The number of rotatable bonds is 5. The molecule has 0 aromatic carbocycles. The highest BCUT2D eigenvalue weighted by molar-refractivity contribution is 7.99. The minimum Gasteiger partial charge on any atom is -0.355 e. The van der Waals surface area contributed by atoms with E-state index >= 15 is 0 Å². The third-order valence-corrected chi connectivity index (χ3v) is 6.13. The number of carbonyl (C=O) groups excluding carboxylic acids is 1. The third kappa shape index (κ3) is 4.78. The third-order valence-electron chi connectivity index (χ3n) is 4.87. The van der Waals surface area contributed by atoms with Crippen LogP contribution in [0.3, 0.4) is 0 Å². The summed E-state index contributed by atoms with van der Waals surface area (Å²) in [5.41, 5.74) is 1.50. The van der Waals surface area contributed by atoms with Crippen LogP contribution in [-0.2, 0) is 4.79 Å². The number of carbonyl (C=O) groups is 1. The van der Waals surface area contributed by atoms with Gasteiger partial charge in [-0.25, -0.2) is 9.67 Å². The fourth-order valence-corrected chi connectivity index (χ4v) is 3.92. The van der Waals surface area contributed by atoms with Gasteiger partial charge in [-0.15, -0.1) is 0 Å². The van der Waals surface area contributed by atoms with Gasteiger partial charge in [0.05, 0.1) is 17.5 Å². The van der Waals surface area contributed by atoms with E-state index in [0.29, 0.717) is 16.8 Å². The molecule has 1 saturated heterocycles. The van der Waals surface area contributed by atoms with E-state index in [-0.39, 0.29) is 0 Å². The average molecular weight is 419 g/mol. The molecular formula is C19H23ClN6OS. The number of hydrogen-bond donors (Lipinski definition) is 1. The van der Waals surface area contributed by atoms with Gasteiger partial charge in [-0.05, 0) is 38.5 Å². The number of nitrogens with zero attached hydrogens (tertiary/aromatic N) is 5. The van der Waals surface area contributed by atoms with Crippen molar-refractivity contribution in [1.29, 1.82) is 5.26 Å². The summed E-state index contributed by atoms with van der Waals surface area (Å²) >= 11 is 7.93. The highest BCUT2D eigenvalue weighted by Gasteiger charge is 2.42. The Balaban J connectivity index is 0.000000236. The molecule has 2 aromatic heterocycles. The number of aryl methyl sites for hydroxylation is 1. The van der Waals surface area contributed by atoms with E-state index in [0.717, 1.165) is 43.1 Å². The maximum Gasteiger partial charge on any atom is 0.208 e. The standard InChI is InChI=1S/C14H17ClN4S.C5H6N2O/c1-10-7-14(18-6-4-12(9-18)20-2)19(17-10)11-3-5-16-13(15)8-11;6-3-5(1-2-5)7-4-8/h3,5,7-8,12H,4,6,9H2,1-2H3;4H,1-2H2,(H,7,8). The summed E-state index contributed by atoms with van der Waals surface area (Å²) in [7, 11) is 0. The maximum absolute atomic E-state index is 9.76. The number of nitriles is 1. The van der Waals surface area contributed by atoms with Gasteiger partial charge in [0.1, 0.15) is 16.5 Å². The van der Waals surface area contributed by atoms with Crippen molar-refractivity contribution >= 4 is 35.6 Å². The Hall–Kier alpha value is -2.24. The molecule has 7 nitrogen and oxygen atoms in total. The number of aromatic nitrogens is 3. The van der Waals surface area contributed by atoms with E-state index in [1.54, 1.807) is 6.20 Å². The molecule has 0 radical (unpaired) electrons. The van der Waals surface area contributed by atoms with Crippen LogP contribution < -0.4 is 10.2 Å². The van der Waals surface area contributed by atoms with Gasteiger partial charge in [0.15, 0.2) is 0 Å². The second-order valence-corrected chi connectivity index (χ2v) is 8.47. The second-order valence-electron chi connectivity index (χ2n) is 6.94. The number of pyridine rings is 1. The lowest BCUT2D eigenvalue weighted by atomic mass is 10.3. The minimum absolute atomic E-state index is 0.470. The van der Waals surface area contributed by atoms with Crippen molar-refractivity contribution in [3.8, 4) is 11.8 Å². The number of anilines is 1. The molecule has 1 saturated carbocycles. The molecule has 4 rings (SSSR count). The van der Waals surface area contributed by atoms with E-state index in [1.165, 1.54) is 6.42 Å². The largest absolute Gasteiger partial charge is 0.355 e. The molecule has 1 aliphatic carbocycles. The van der Waals surface area contributed by atoms with Crippen LogP contribution in [0.5, 0.6) is 0 Å². The highest BCUT2D eigenvalue weighted by Crippen LogP contribution is 2.33. The van der Waals surface area contributed by atoms with Crippen molar-refractivity contribution in [3.63, 3.8) is 0 Å². The van der Waals surface area contributed by atoms with Crippen LogP contribution in [0.25, 0.3) is 5.69 Å². The lowest BCUT2D eigenvalue weighted by Crippen LogP contribution is -2.27. The molecule has 3 heterocycles. The summed E-state index contributed by atoms with van der Waals surface area (Å²) in [5, 5.41) is 16.6. The van der Waals surface area contributed by atoms with Crippen LogP contribution in [-0.4, -0.2) is 51.3 Å². The van der Waals surface area contributed by atoms with Gasteiger partial charge in [0.2, 0.25) is 6.41 Å². The van der Waals surface area contributed by atoms with E-state index in [4.69, 9.17) is 16.9 Å². The summed E-state index contributed by atoms with van der Waals surface area (Å²) in [6.45, 7) is 4.17. The van der Waals surface area contributed by atoms with Crippen LogP contribution in [0.1, 0.15) is 25.0 Å². The molecule has 1 amide bonds. The Labute approximate surface area is 174 Å². The molecule has 1 atom stereocenters. The zero-order valence-corrected chi connectivity index (χ0v) is 17.5. The zero-order valence-electron chi connectivity index (χ0n) is 15.9. The lowest BCUT2D eigenvalue weighted by molar-refractivity contribution is -0.110. The van der Waals surface area contributed by atoms with Crippen molar-refractivity contribution in [1.82, 2.24) is 20.1 Å². The molecule has 9 heteroatoms. The topological polar surface area (TPSA) is 86.8 Å². The fraction of sp³-hybridized carbons (Fsp3) is 0.474. The predicted octanol–water partition coefficient (Wildman–Crippen LogP) is 2.96. The van der Waals surface area contributed by atoms with E-state index in [9.17, 15) is 4.79 Å². The first-order chi connectivity index (χ1) is 13.5. The molecule has 0 spiro atoms. The van der Waals surface area contributed by atoms with Crippen LogP contribution in [0, 0.1) is 18.3 Å². The molecule has 148 valence electrons. The van der Waals surface area contributed by atoms with E-state index in [1.807, 2.05) is 41.6 Å². The number of halogens is 1. The number of amides is 1. The summed E-state index contributed by atoms with van der Waals surface area (Å²) in [4.78, 5) is 16.2. The van der Waals surface area contributed by atoms with Crippen molar-refractivity contribution in [2.24, 2.45) is 0 Å². The Morgan fingerprint density at radius 3 is 2.79 bits per heavy atom. The SMILES string of the molecule is CSC1CCN(c2cc(C)nn2-c2ccnc(Cl)c2)C1.N#CC1(NC=O)CC1. The van der Waals surface area contributed by atoms with E-state index in [2.05, 4.69) is 32.6 Å². The Kier molecular flexibility index (Phi) is 6.47. The molecule has 1 N–H and O–H groups in total. The summed E-state index contributed by atoms with van der Waals surface area (Å²) in [6.07, 6.45) is 7.32.